The van der Waals surface area contributed by atoms with Crippen LogP contribution in [0.5, 0.6) is 5.75 Å². The fourth-order valence-corrected chi connectivity index (χ4v) is 2.55. The van der Waals surface area contributed by atoms with Crippen molar-refractivity contribution in [2.24, 2.45) is 0 Å². The molecule has 0 radical (unpaired) electrons. The van der Waals surface area contributed by atoms with Gasteiger partial charge in [-0.05, 0) is 37.2 Å². The second-order valence-electron chi connectivity index (χ2n) is 4.83. The summed E-state index contributed by atoms with van der Waals surface area (Å²) in [6.45, 7) is 1.70. The number of likely N-dealkylation sites (N-methyl/N-ethyl adjacent to an activating group) is 1. The van der Waals surface area contributed by atoms with Gasteiger partial charge in [0.15, 0.2) is 0 Å². The summed E-state index contributed by atoms with van der Waals surface area (Å²) in [6, 6.07) is 4.43. The van der Waals surface area contributed by atoms with E-state index in [1.54, 1.807) is 6.07 Å². The number of ether oxygens (including phenoxy) is 1. The van der Waals surface area contributed by atoms with Crippen molar-refractivity contribution < 1.29 is 17.9 Å². The molecule has 1 aliphatic heterocycles. The van der Waals surface area contributed by atoms with E-state index in [1.165, 1.54) is 12.1 Å². The molecule has 0 amide bonds. The third-order valence-corrected chi connectivity index (χ3v) is 3.37. The van der Waals surface area contributed by atoms with Gasteiger partial charge in [0.25, 0.3) is 0 Å². The van der Waals surface area contributed by atoms with Crippen molar-refractivity contribution in [2.75, 3.05) is 13.6 Å². The van der Waals surface area contributed by atoms with Gasteiger partial charge in [0.1, 0.15) is 5.75 Å². The van der Waals surface area contributed by atoms with E-state index in [4.69, 9.17) is 0 Å². The van der Waals surface area contributed by atoms with Crippen molar-refractivity contribution >= 4 is 10.9 Å². The van der Waals surface area contributed by atoms with Crippen molar-refractivity contribution in [2.45, 2.75) is 19.3 Å². The van der Waals surface area contributed by atoms with Gasteiger partial charge in [0.05, 0.1) is 0 Å². The Labute approximate surface area is 108 Å². The Morgan fingerprint density at radius 3 is 2.84 bits per heavy atom. The zero-order valence-corrected chi connectivity index (χ0v) is 10.3. The van der Waals surface area contributed by atoms with Crippen LogP contribution < -0.4 is 4.74 Å². The minimum absolute atomic E-state index is 0.166. The molecule has 0 saturated heterocycles. The summed E-state index contributed by atoms with van der Waals surface area (Å²) >= 11 is 0. The van der Waals surface area contributed by atoms with Crippen LogP contribution in [0.25, 0.3) is 10.9 Å². The van der Waals surface area contributed by atoms with E-state index in [-0.39, 0.29) is 5.75 Å². The Morgan fingerprint density at radius 1 is 1.32 bits per heavy atom. The number of halogens is 3. The van der Waals surface area contributed by atoms with Crippen LogP contribution in [-0.4, -0.2) is 29.8 Å². The normalized spacial score (nSPS) is 16.6. The molecule has 1 aromatic carbocycles. The summed E-state index contributed by atoms with van der Waals surface area (Å²) in [4.78, 5) is 5.43. The Kier molecular flexibility index (Phi) is 2.70. The van der Waals surface area contributed by atoms with E-state index in [2.05, 4.69) is 14.6 Å². The minimum atomic E-state index is -4.65. The van der Waals surface area contributed by atoms with Crippen LogP contribution in [0.1, 0.15) is 11.3 Å². The molecule has 2 heterocycles. The van der Waals surface area contributed by atoms with Crippen molar-refractivity contribution in [1.29, 1.82) is 0 Å². The predicted molar refractivity (Wildman–Crippen MR) is 65.0 cm³/mol. The molecule has 0 aliphatic carbocycles. The monoisotopic (exact) mass is 270 g/mol. The van der Waals surface area contributed by atoms with Gasteiger partial charge in [-0.25, -0.2) is 0 Å². The van der Waals surface area contributed by atoms with Crippen LogP contribution in [0.3, 0.4) is 0 Å². The topological polar surface area (TPSA) is 28.3 Å². The average molecular weight is 270 g/mol. The van der Waals surface area contributed by atoms with Crippen LogP contribution in [-0.2, 0) is 13.0 Å². The quantitative estimate of drug-likeness (QED) is 0.862. The van der Waals surface area contributed by atoms with E-state index in [0.717, 1.165) is 41.7 Å². The van der Waals surface area contributed by atoms with Crippen molar-refractivity contribution in [1.82, 2.24) is 9.88 Å². The van der Waals surface area contributed by atoms with Gasteiger partial charge in [-0.1, -0.05) is 0 Å². The van der Waals surface area contributed by atoms with Crippen molar-refractivity contribution in [3.8, 4) is 5.75 Å². The van der Waals surface area contributed by atoms with Gasteiger partial charge in [0, 0.05) is 29.7 Å². The van der Waals surface area contributed by atoms with Crippen LogP contribution in [0.4, 0.5) is 13.2 Å². The Bertz CT molecular complexity index is 618. The Hall–Kier alpha value is -1.69. The number of hydrogen-bond donors (Lipinski definition) is 1. The predicted octanol–water partition coefficient (Wildman–Crippen LogP) is 3.05. The van der Waals surface area contributed by atoms with E-state index >= 15 is 0 Å². The van der Waals surface area contributed by atoms with Gasteiger partial charge >= 0.3 is 6.36 Å². The highest BCUT2D eigenvalue weighted by molar-refractivity contribution is 5.86. The molecule has 102 valence electrons. The zero-order chi connectivity index (χ0) is 13.6. The van der Waals surface area contributed by atoms with E-state index < -0.39 is 6.36 Å². The lowest BCUT2D eigenvalue weighted by molar-refractivity contribution is -0.274. The minimum Gasteiger partial charge on any atom is -0.406 e. The third-order valence-electron chi connectivity index (χ3n) is 3.37. The van der Waals surface area contributed by atoms with Crippen LogP contribution in [0.15, 0.2) is 18.2 Å². The average Bonchev–Trinajstić information content (AvgIpc) is 2.63. The summed E-state index contributed by atoms with van der Waals surface area (Å²) in [5.74, 6) is -0.166. The van der Waals surface area contributed by atoms with E-state index in [9.17, 15) is 13.2 Å². The second-order valence-corrected chi connectivity index (χ2v) is 4.83. The van der Waals surface area contributed by atoms with Crippen LogP contribution in [0.2, 0.25) is 0 Å². The molecule has 0 bridgehead atoms. The van der Waals surface area contributed by atoms with Gasteiger partial charge < -0.3 is 14.6 Å². The molecule has 6 heteroatoms. The molecule has 1 aliphatic rings. The molecule has 0 spiro atoms. The first-order valence-corrected chi connectivity index (χ1v) is 6.00. The lowest BCUT2D eigenvalue weighted by Crippen LogP contribution is -2.26. The highest BCUT2D eigenvalue weighted by Crippen LogP contribution is 2.31. The lowest BCUT2D eigenvalue weighted by Gasteiger charge is -2.22. The van der Waals surface area contributed by atoms with Crippen LogP contribution >= 0.6 is 0 Å². The molecule has 3 rings (SSSR count). The number of aromatic amines is 1. The molecular formula is C13H13F3N2O. The van der Waals surface area contributed by atoms with Gasteiger partial charge in [0.2, 0.25) is 0 Å². The molecule has 0 atom stereocenters. The number of hydrogen-bond acceptors (Lipinski definition) is 2. The molecule has 2 aromatic rings. The molecule has 0 unspecified atom stereocenters. The number of nitrogens with zero attached hydrogens (tertiary/aromatic N) is 1. The number of benzene rings is 1. The number of fused-ring (bicyclic) bond motifs is 3. The summed E-state index contributed by atoms with van der Waals surface area (Å²) in [5, 5.41) is 0.824. The maximum Gasteiger partial charge on any atom is 0.573 e. The highest BCUT2D eigenvalue weighted by atomic mass is 19.4. The third kappa shape index (κ3) is 2.40. The Morgan fingerprint density at radius 2 is 2.11 bits per heavy atom. The fourth-order valence-electron chi connectivity index (χ4n) is 2.55. The molecule has 0 fully saturated rings. The summed E-state index contributed by atoms with van der Waals surface area (Å²) in [7, 11) is 2.02. The summed E-state index contributed by atoms with van der Waals surface area (Å²) in [6.07, 6.45) is -3.81. The molecule has 19 heavy (non-hydrogen) atoms. The maximum atomic E-state index is 12.2. The van der Waals surface area contributed by atoms with Gasteiger partial charge in [-0.3, -0.25) is 0 Å². The lowest BCUT2D eigenvalue weighted by atomic mass is 10.0. The molecule has 0 saturated carbocycles. The first-order valence-electron chi connectivity index (χ1n) is 6.00. The molecule has 3 nitrogen and oxygen atoms in total. The standard InChI is InChI=1S/C13H13F3N2O/c1-18-5-4-9-10-6-8(19-13(14,15)16)2-3-11(10)17-12(9)7-18/h2-3,6,17H,4-5,7H2,1H3. The maximum absolute atomic E-state index is 12.2. The fraction of sp³-hybridized carbons (Fsp3) is 0.385. The van der Waals surface area contributed by atoms with E-state index in [1.807, 2.05) is 7.05 Å². The number of alkyl halides is 3. The van der Waals surface area contributed by atoms with Crippen molar-refractivity contribution in [3.63, 3.8) is 0 Å². The SMILES string of the molecule is CN1CCc2c([nH]c3ccc(OC(F)(F)F)cc23)C1. The molecular weight excluding hydrogens is 257 g/mol. The first-order chi connectivity index (χ1) is 8.92. The zero-order valence-electron chi connectivity index (χ0n) is 10.3. The number of H-pyrrole nitrogens is 1. The first kappa shape index (κ1) is 12.3. The van der Waals surface area contributed by atoms with Gasteiger partial charge in [-0.2, -0.15) is 0 Å². The largest absolute Gasteiger partial charge is 0.573 e. The summed E-state index contributed by atoms with van der Waals surface area (Å²) in [5.41, 5.74) is 3.03. The summed E-state index contributed by atoms with van der Waals surface area (Å²) < 4.78 is 40.6. The number of aromatic nitrogens is 1. The smallest absolute Gasteiger partial charge is 0.406 e. The molecule has 1 N–H and O–H groups in total. The number of nitrogens with one attached hydrogen (secondary N) is 1. The highest BCUT2D eigenvalue weighted by Gasteiger charge is 2.31. The Balaban J connectivity index is 2.03. The molecule has 1 aromatic heterocycles. The number of rotatable bonds is 1. The van der Waals surface area contributed by atoms with Crippen molar-refractivity contribution in [3.05, 3.63) is 29.5 Å². The van der Waals surface area contributed by atoms with E-state index in [0.29, 0.717) is 0 Å². The second kappa shape index (κ2) is 4.16. The van der Waals surface area contributed by atoms with Crippen LogP contribution in [0, 0.1) is 0 Å². The van der Waals surface area contributed by atoms with Gasteiger partial charge in [-0.15, -0.1) is 13.2 Å².